The SMILES string of the molecule is NC(Cc1ccccc1C1(O)CC1)C(=O)O. The Morgan fingerprint density at radius 1 is 1.44 bits per heavy atom. The Kier molecular flexibility index (Phi) is 2.69. The molecule has 0 aromatic heterocycles. The maximum absolute atomic E-state index is 10.7. The van der Waals surface area contributed by atoms with Gasteiger partial charge in [-0.15, -0.1) is 0 Å². The lowest BCUT2D eigenvalue weighted by Crippen LogP contribution is -2.33. The quantitative estimate of drug-likeness (QED) is 0.696. The van der Waals surface area contributed by atoms with Gasteiger partial charge in [0.25, 0.3) is 0 Å². The van der Waals surface area contributed by atoms with Gasteiger partial charge in [-0.1, -0.05) is 24.3 Å². The largest absolute Gasteiger partial charge is 0.480 e. The van der Waals surface area contributed by atoms with Gasteiger partial charge in [-0.3, -0.25) is 4.79 Å². The third kappa shape index (κ3) is 2.08. The molecule has 4 nitrogen and oxygen atoms in total. The maximum atomic E-state index is 10.7. The average Bonchev–Trinajstić information content (AvgIpc) is 2.98. The van der Waals surface area contributed by atoms with Crippen molar-refractivity contribution >= 4 is 5.97 Å². The summed E-state index contributed by atoms with van der Waals surface area (Å²) in [4.78, 5) is 10.7. The monoisotopic (exact) mass is 221 g/mol. The fourth-order valence-corrected chi connectivity index (χ4v) is 1.86. The Balaban J connectivity index is 2.23. The zero-order valence-electron chi connectivity index (χ0n) is 8.89. The van der Waals surface area contributed by atoms with E-state index in [1.54, 1.807) is 0 Å². The summed E-state index contributed by atoms with van der Waals surface area (Å²) in [6, 6.07) is 6.44. The first-order valence-electron chi connectivity index (χ1n) is 5.32. The first-order valence-corrected chi connectivity index (χ1v) is 5.32. The van der Waals surface area contributed by atoms with Crippen LogP contribution >= 0.6 is 0 Å². The molecule has 1 atom stereocenters. The molecule has 0 amide bonds. The number of aliphatic hydroxyl groups is 1. The highest BCUT2D eigenvalue weighted by Crippen LogP contribution is 2.46. The van der Waals surface area contributed by atoms with Crippen molar-refractivity contribution in [3.63, 3.8) is 0 Å². The van der Waals surface area contributed by atoms with E-state index in [0.717, 1.165) is 24.0 Å². The van der Waals surface area contributed by atoms with Gasteiger partial charge in [0, 0.05) is 0 Å². The number of rotatable bonds is 4. The van der Waals surface area contributed by atoms with Crippen LogP contribution in [0, 0.1) is 0 Å². The van der Waals surface area contributed by atoms with Gasteiger partial charge >= 0.3 is 5.97 Å². The molecule has 0 saturated heterocycles. The van der Waals surface area contributed by atoms with Gasteiger partial charge < -0.3 is 15.9 Å². The predicted molar refractivity (Wildman–Crippen MR) is 58.9 cm³/mol. The van der Waals surface area contributed by atoms with Gasteiger partial charge in [-0.25, -0.2) is 0 Å². The van der Waals surface area contributed by atoms with Gasteiger partial charge in [-0.2, -0.15) is 0 Å². The van der Waals surface area contributed by atoms with Crippen LogP contribution in [0.15, 0.2) is 24.3 Å². The van der Waals surface area contributed by atoms with E-state index >= 15 is 0 Å². The highest BCUT2D eigenvalue weighted by atomic mass is 16.4. The van der Waals surface area contributed by atoms with Crippen LogP contribution in [0.4, 0.5) is 0 Å². The van der Waals surface area contributed by atoms with Crippen LogP contribution in [-0.2, 0) is 16.8 Å². The molecule has 4 heteroatoms. The van der Waals surface area contributed by atoms with Crippen LogP contribution < -0.4 is 5.73 Å². The smallest absolute Gasteiger partial charge is 0.320 e. The fourth-order valence-electron chi connectivity index (χ4n) is 1.86. The normalized spacial score (nSPS) is 19.1. The Bertz CT molecular complexity index is 412. The lowest BCUT2D eigenvalue weighted by molar-refractivity contribution is -0.138. The summed E-state index contributed by atoms with van der Waals surface area (Å²) < 4.78 is 0. The minimum atomic E-state index is -1.02. The van der Waals surface area contributed by atoms with Crippen molar-refractivity contribution in [1.82, 2.24) is 0 Å². The zero-order valence-corrected chi connectivity index (χ0v) is 8.89. The standard InChI is InChI=1S/C12H15NO3/c13-10(11(14)15)7-8-3-1-2-4-9(8)12(16)5-6-12/h1-4,10,16H,5-7,13H2,(H,14,15). The summed E-state index contributed by atoms with van der Waals surface area (Å²) in [7, 11) is 0. The van der Waals surface area contributed by atoms with E-state index in [9.17, 15) is 9.90 Å². The molecule has 0 aliphatic heterocycles. The number of hydrogen-bond donors (Lipinski definition) is 3. The van der Waals surface area contributed by atoms with Gasteiger partial charge in [-0.05, 0) is 30.4 Å². The molecule has 0 radical (unpaired) electrons. The Labute approximate surface area is 93.7 Å². The Hall–Kier alpha value is -1.39. The summed E-state index contributed by atoms with van der Waals surface area (Å²) in [5.74, 6) is -1.02. The van der Waals surface area contributed by atoms with Crippen LogP contribution in [0.5, 0.6) is 0 Å². The molecule has 1 fully saturated rings. The van der Waals surface area contributed by atoms with Gasteiger partial charge in [0.2, 0.25) is 0 Å². The number of carbonyl (C=O) groups is 1. The minimum Gasteiger partial charge on any atom is -0.480 e. The van der Waals surface area contributed by atoms with Crippen LogP contribution in [0.3, 0.4) is 0 Å². The molecule has 86 valence electrons. The van der Waals surface area contributed by atoms with Crippen molar-refractivity contribution < 1.29 is 15.0 Å². The molecule has 1 saturated carbocycles. The molecular weight excluding hydrogens is 206 g/mol. The molecule has 1 aromatic rings. The first-order chi connectivity index (χ1) is 7.53. The van der Waals surface area contributed by atoms with Gasteiger partial charge in [0.05, 0.1) is 5.60 Å². The summed E-state index contributed by atoms with van der Waals surface area (Å²) in [6.07, 6.45) is 1.74. The third-order valence-electron chi connectivity index (χ3n) is 3.00. The lowest BCUT2D eigenvalue weighted by atomic mass is 9.96. The molecule has 1 unspecified atom stereocenters. The molecule has 0 bridgehead atoms. The van der Waals surface area contributed by atoms with Crippen molar-refractivity contribution in [3.05, 3.63) is 35.4 Å². The molecule has 1 aromatic carbocycles. The molecule has 1 aliphatic carbocycles. The van der Waals surface area contributed by atoms with E-state index in [4.69, 9.17) is 10.8 Å². The maximum Gasteiger partial charge on any atom is 0.320 e. The van der Waals surface area contributed by atoms with Gasteiger partial charge in [0.15, 0.2) is 0 Å². The summed E-state index contributed by atoms with van der Waals surface area (Å²) >= 11 is 0. The highest BCUT2D eigenvalue weighted by molar-refractivity contribution is 5.73. The number of hydrogen-bond acceptors (Lipinski definition) is 3. The first kappa shape index (κ1) is 11.1. The Morgan fingerprint density at radius 2 is 2.06 bits per heavy atom. The molecule has 0 heterocycles. The highest BCUT2D eigenvalue weighted by Gasteiger charge is 2.43. The van der Waals surface area contributed by atoms with Gasteiger partial charge in [0.1, 0.15) is 6.04 Å². The third-order valence-corrected chi connectivity index (χ3v) is 3.00. The topological polar surface area (TPSA) is 83.5 Å². The van der Waals surface area contributed by atoms with Crippen molar-refractivity contribution in [2.24, 2.45) is 5.73 Å². The lowest BCUT2D eigenvalue weighted by Gasteiger charge is -2.15. The summed E-state index contributed by atoms with van der Waals surface area (Å²) in [6.45, 7) is 0. The molecular formula is C12H15NO3. The van der Waals surface area contributed by atoms with Crippen LogP contribution in [0.1, 0.15) is 24.0 Å². The van der Waals surface area contributed by atoms with E-state index in [0.29, 0.717) is 0 Å². The number of carboxylic acids is 1. The molecule has 2 rings (SSSR count). The number of nitrogens with two attached hydrogens (primary N) is 1. The van der Waals surface area contributed by atoms with Crippen molar-refractivity contribution in [1.29, 1.82) is 0 Å². The summed E-state index contributed by atoms with van der Waals surface area (Å²) in [5, 5.41) is 18.8. The number of aliphatic carboxylic acids is 1. The summed E-state index contributed by atoms with van der Waals surface area (Å²) in [5.41, 5.74) is 6.42. The molecule has 0 spiro atoms. The van der Waals surface area contributed by atoms with Crippen molar-refractivity contribution in [2.45, 2.75) is 30.9 Å². The number of benzene rings is 1. The average molecular weight is 221 g/mol. The van der Waals surface area contributed by atoms with E-state index < -0.39 is 17.6 Å². The predicted octanol–water partition coefficient (Wildman–Crippen LogP) is 0.622. The zero-order chi connectivity index (χ0) is 11.8. The van der Waals surface area contributed by atoms with Crippen molar-refractivity contribution in [2.75, 3.05) is 0 Å². The van der Waals surface area contributed by atoms with E-state index in [1.165, 1.54) is 0 Å². The minimum absolute atomic E-state index is 0.258. The van der Waals surface area contributed by atoms with E-state index in [1.807, 2.05) is 24.3 Å². The van der Waals surface area contributed by atoms with Crippen LogP contribution in [0.25, 0.3) is 0 Å². The van der Waals surface area contributed by atoms with Crippen LogP contribution in [-0.4, -0.2) is 22.2 Å². The molecule has 1 aliphatic rings. The van der Waals surface area contributed by atoms with Crippen LogP contribution in [0.2, 0.25) is 0 Å². The molecule has 4 N–H and O–H groups in total. The van der Waals surface area contributed by atoms with Crippen molar-refractivity contribution in [3.8, 4) is 0 Å². The second-order valence-electron chi connectivity index (χ2n) is 4.34. The Morgan fingerprint density at radius 3 is 2.62 bits per heavy atom. The van der Waals surface area contributed by atoms with E-state index in [-0.39, 0.29) is 6.42 Å². The number of carboxylic acid groups (broad SMARTS) is 1. The molecule has 16 heavy (non-hydrogen) atoms. The fraction of sp³-hybridized carbons (Fsp3) is 0.417. The van der Waals surface area contributed by atoms with E-state index in [2.05, 4.69) is 0 Å². The second kappa shape index (κ2) is 3.88. The second-order valence-corrected chi connectivity index (χ2v) is 4.34.